The van der Waals surface area contributed by atoms with Gasteiger partial charge >= 0.3 is 5.97 Å². The zero-order valence-corrected chi connectivity index (χ0v) is 22.2. The van der Waals surface area contributed by atoms with Crippen LogP contribution < -0.4 is 9.54 Å². The van der Waals surface area contributed by atoms with E-state index >= 15 is 0 Å². The van der Waals surface area contributed by atoms with E-state index in [1.54, 1.807) is 37.3 Å². The fourth-order valence-corrected chi connectivity index (χ4v) is 5.92. The normalized spacial score (nSPS) is 12.1. The summed E-state index contributed by atoms with van der Waals surface area (Å²) in [5.74, 6) is -0.429. The average molecular weight is 535 g/mol. The van der Waals surface area contributed by atoms with Gasteiger partial charge in [0.2, 0.25) is 5.91 Å². The molecule has 0 aliphatic heterocycles. The van der Waals surface area contributed by atoms with Gasteiger partial charge < -0.3 is 18.8 Å². The van der Waals surface area contributed by atoms with Crippen molar-refractivity contribution in [3.63, 3.8) is 0 Å². The number of ether oxygens (including phenoxy) is 3. The number of rotatable bonds is 12. The highest BCUT2D eigenvalue weighted by atomic mass is 32.2. The second-order valence-electron chi connectivity index (χ2n) is 7.74. The van der Waals surface area contributed by atoms with E-state index in [1.807, 2.05) is 11.5 Å². The number of hydrogen-bond donors (Lipinski definition) is 0. The minimum absolute atomic E-state index is 0.0107. The van der Waals surface area contributed by atoms with Crippen LogP contribution in [0.3, 0.4) is 0 Å². The zero-order valence-electron chi connectivity index (χ0n) is 20.6. The Balaban J connectivity index is 1.78. The molecule has 1 amide bonds. The zero-order chi connectivity index (χ0) is 26.1. The molecule has 0 fully saturated rings. The van der Waals surface area contributed by atoms with Crippen LogP contribution in [0.25, 0.3) is 10.2 Å². The van der Waals surface area contributed by atoms with Crippen LogP contribution in [0, 0.1) is 0 Å². The highest BCUT2D eigenvalue weighted by molar-refractivity contribution is 7.91. The molecule has 11 heteroatoms. The number of methoxy groups -OCH3 is 1. The van der Waals surface area contributed by atoms with Gasteiger partial charge in [-0.05, 0) is 62.7 Å². The third-order valence-electron chi connectivity index (χ3n) is 5.30. The number of thiazole rings is 1. The Hall–Kier alpha value is -3.02. The van der Waals surface area contributed by atoms with Gasteiger partial charge in [-0.25, -0.2) is 13.2 Å². The summed E-state index contributed by atoms with van der Waals surface area (Å²) in [4.78, 5) is 29.7. The van der Waals surface area contributed by atoms with Gasteiger partial charge in [-0.1, -0.05) is 11.3 Å². The Kier molecular flexibility index (Phi) is 9.80. The van der Waals surface area contributed by atoms with Gasteiger partial charge in [0.15, 0.2) is 14.6 Å². The molecule has 0 aliphatic rings. The average Bonchev–Trinajstić information content (AvgIpc) is 3.20. The van der Waals surface area contributed by atoms with Gasteiger partial charge in [0.25, 0.3) is 0 Å². The first-order valence-corrected chi connectivity index (χ1v) is 14.1. The topological polar surface area (TPSA) is 113 Å². The van der Waals surface area contributed by atoms with E-state index in [9.17, 15) is 18.0 Å². The quantitative estimate of drug-likeness (QED) is 0.258. The number of esters is 1. The molecule has 0 saturated heterocycles. The highest BCUT2D eigenvalue weighted by Crippen LogP contribution is 2.21. The lowest BCUT2D eigenvalue weighted by molar-refractivity contribution is -0.118. The summed E-state index contributed by atoms with van der Waals surface area (Å²) < 4.78 is 43.4. The fourth-order valence-electron chi connectivity index (χ4n) is 3.49. The van der Waals surface area contributed by atoms with Crippen molar-refractivity contribution in [3.05, 3.63) is 52.8 Å². The van der Waals surface area contributed by atoms with Gasteiger partial charge in [-0.3, -0.25) is 4.79 Å². The summed E-state index contributed by atoms with van der Waals surface area (Å²) in [5.41, 5.74) is 1.24. The molecule has 0 aliphatic carbocycles. The van der Waals surface area contributed by atoms with Crippen LogP contribution >= 0.6 is 11.3 Å². The Morgan fingerprint density at radius 2 is 1.81 bits per heavy atom. The lowest BCUT2D eigenvalue weighted by atomic mass is 10.2. The first kappa shape index (κ1) is 27.6. The van der Waals surface area contributed by atoms with Crippen LogP contribution in [0.5, 0.6) is 5.75 Å². The second kappa shape index (κ2) is 12.8. The van der Waals surface area contributed by atoms with Crippen LogP contribution in [0.1, 0.15) is 37.0 Å². The van der Waals surface area contributed by atoms with E-state index in [0.29, 0.717) is 35.9 Å². The Labute approximate surface area is 214 Å². The molecular weight excluding hydrogens is 504 g/mol. The molecule has 3 aromatic rings. The van der Waals surface area contributed by atoms with Crippen molar-refractivity contribution < 1.29 is 32.2 Å². The number of aromatic nitrogens is 1. The van der Waals surface area contributed by atoms with Crippen LogP contribution in [0.4, 0.5) is 0 Å². The Bertz CT molecular complexity index is 1370. The molecule has 0 radical (unpaired) electrons. The summed E-state index contributed by atoms with van der Waals surface area (Å²) in [6.07, 6.45) is 0.136. The maximum atomic E-state index is 12.6. The van der Waals surface area contributed by atoms with Gasteiger partial charge in [-0.2, -0.15) is 4.99 Å². The molecule has 1 aromatic heterocycles. The summed E-state index contributed by atoms with van der Waals surface area (Å²) in [6.45, 7) is 5.39. The van der Waals surface area contributed by atoms with Crippen LogP contribution in [0.15, 0.2) is 52.4 Å². The Morgan fingerprint density at radius 1 is 1.06 bits per heavy atom. The number of carbonyl (C=O) groups excluding carboxylic acids is 2. The number of fused-ring (bicyclic) bond motifs is 1. The lowest BCUT2D eigenvalue weighted by Gasteiger charge is -2.06. The molecule has 2 aromatic carbocycles. The maximum Gasteiger partial charge on any atom is 0.338 e. The molecular formula is C25H30N2O7S2. The van der Waals surface area contributed by atoms with Crippen molar-refractivity contribution >= 4 is 43.3 Å². The van der Waals surface area contributed by atoms with E-state index in [-0.39, 0.29) is 30.1 Å². The fraction of sp³-hybridized carbons (Fsp3) is 0.400. The van der Waals surface area contributed by atoms with E-state index in [2.05, 4.69) is 4.99 Å². The van der Waals surface area contributed by atoms with Gasteiger partial charge in [0.1, 0.15) is 5.75 Å². The summed E-state index contributed by atoms with van der Waals surface area (Å²) in [7, 11) is -2.02. The molecule has 0 unspecified atom stereocenters. The number of benzene rings is 2. The van der Waals surface area contributed by atoms with Crippen molar-refractivity contribution in [3.8, 4) is 5.75 Å². The van der Waals surface area contributed by atoms with Crippen molar-refractivity contribution in [2.75, 3.05) is 32.7 Å². The summed E-state index contributed by atoms with van der Waals surface area (Å²) in [6, 6.07) is 11.4. The molecule has 9 nitrogen and oxygen atoms in total. The molecule has 0 bridgehead atoms. The SMILES string of the molecule is CCOCCn1c(=NC(=O)CCCS(=O)(=O)c2ccc(OC)cc2)sc2cc(C(=O)OCC)ccc21. The van der Waals surface area contributed by atoms with E-state index in [1.165, 1.54) is 30.6 Å². The van der Waals surface area contributed by atoms with E-state index in [4.69, 9.17) is 14.2 Å². The minimum Gasteiger partial charge on any atom is -0.497 e. The number of nitrogens with zero attached hydrogens (tertiary/aromatic N) is 2. The van der Waals surface area contributed by atoms with Crippen LogP contribution in [-0.4, -0.2) is 57.5 Å². The van der Waals surface area contributed by atoms with Crippen molar-refractivity contribution in [1.29, 1.82) is 0 Å². The largest absolute Gasteiger partial charge is 0.497 e. The standard InChI is InChI=1S/C25H30N2O7S2/c1-4-33-15-14-27-21-13-8-18(24(29)34-5-2)17-22(21)35-25(27)26-23(28)7-6-16-36(30,31)20-11-9-19(32-3)10-12-20/h8-13,17H,4-7,14-16H2,1-3H3. The molecule has 0 N–H and O–H groups in total. The Morgan fingerprint density at radius 3 is 2.47 bits per heavy atom. The van der Waals surface area contributed by atoms with Crippen molar-refractivity contribution in [2.24, 2.45) is 4.99 Å². The molecule has 0 atom stereocenters. The molecule has 3 rings (SSSR count). The molecule has 0 saturated carbocycles. The molecule has 36 heavy (non-hydrogen) atoms. The van der Waals surface area contributed by atoms with Crippen LogP contribution in [0.2, 0.25) is 0 Å². The highest BCUT2D eigenvalue weighted by Gasteiger charge is 2.16. The maximum absolute atomic E-state index is 12.6. The predicted molar refractivity (Wildman–Crippen MR) is 137 cm³/mol. The first-order valence-electron chi connectivity index (χ1n) is 11.6. The molecule has 1 heterocycles. The monoisotopic (exact) mass is 534 g/mol. The second-order valence-corrected chi connectivity index (χ2v) is 10.9. The third kappa shape index (κ3) is 7.02. The minimum atomic E-state index is -3.53. The van der Waals surface area contributed by atoms with Crippen molar-refractivity contribution in [2.45, 2.75) is 38.1 Å². The summed E-state index contributed by atoms with van der Waals surface area (Å²) in [5, 5.41) is 0. The molecule has 0 spiro atoms. The van der Waals surface area contributed by atoms with E-state index < -0.39 is 21.7 Å². The smallest absolute Gasteiger partial charge is 0.338 e. The van der Waals surface area contributed by atoms with Gasteiger partial charge in [0.05, 0.1) is 46.8 Å². The third-order valence-corrected chi connectivity index (χ3v) is 8.16. The van der Waals surface area contributed by atoms with Gasteiger partial charge in [0, 0.05) is 19.6 Å². The predicted octanol–water partition coefficient (Wildman–Crippen LogP) is 3.61. The molecule has 194 valence electrons. The van der Waals surface area contributed by atoms with Crippen LogP contribution in [-0.2, 0) is 30.7 Å². The summed E-state index contributed by atoms with van der Waals surface area (Å²) >= 11 is 1.28. The number of sulfone groups is 1. The number of carbonyl (C=O) groups is 2. The van der Waals surface area contributed by atoms with Crippen molar-refractivity contribution in [1.82, 2.24) is 4.57 Å². The number of amides is 1. The first-order chi connectivity index (χ1) is 17.3. The van der Waals surface area contributed by atoms with E-state index in [0.717, 1.165) is 10.2 Å². The number of hydrogen-bond acceptors (Lipinski definition) is 8. The van der Waals surface area contributed by atoms with Gasteiger partial charge in [-0.15, -0.1) is 0 Å². The lowest BCUT2D eigenvalue weighted by Crippen LogP contribution is -2.20.